The second kappa shape index (κ2) is 7.05. The van der Waals surface area contributed by atoms with E-state index in [0.717, 1.165) is 38.6 Å². The third kappa shape index (κ3) is 3.39. The fourth-order valence-corrected chi connectivity index (χ4v) is 4.02. The molecule has 21 heavy (non-hydrogen) atoms. The van der Waals surface area contributed by atoms with Gasteiger partial charge in [0.15, 0.2) is 0 Å². The number of hydrogen-bond acceptors (Lipinski definition) is 3. The van der Waals surface area contributed by atoms with Crippen LogP contribution in [-0.2, 0) is 9.53 Å². The molecule has 4 nitrogen and oxygen atoms in total. The SMILES string of the molecule is COC1CN(C(=O)C2(C(N)=S)CCCCCC2)CCC1C. The highest BCUT2D eigenvalue weighted by Gasteiger charge is 2.45. The Morgan fingerprint density at radius 2 is 1.90 bits per heavy atom. The first-order chi connectivity index (χ1) is 10.0. The number of amides is 1. The molecule has 1 saturated carbocycles. The number of nitrogens with two attached hydrogens (primary N) is 1. The first-order valence-corrected chi connectivity index (χ1v) is 8.54. The molecule has 1 heterocycles. The van der Waals surface area contributed by atoms with Gasteiger partial charge in [-0.2, -0.15) is 0 Å². The number of carbonyl (C=O) groups is 1. The Balaban J connectivity index is 2.16. The van der Waals surface area contributed by atoms with E-state index >= 15 is 0 Å². The molecule has 1 saturated heterocycles. The van der Waals surface area contributed by atoms with Crippen molar-refractivity contribution in [1.82, 2.24) is 4.90 Å². The minimum absolute atomic E-state index is 0.122. The number of rotatable bonds is 3. The number of ether oxygens (including phenoxy) is 1. The first kappa shape index (κ1) is 16.7. The molecule has 2 unspecified atom stereocenters. The van der Waals surface area contributed by atoms with E-state index in [1.54, 1.807) is 7.11 Å². The third-order valence-electron chi connectivity index (χ3n) is 5.32. The molecule has 5 heteroatoms. The summed E-state index contributed by atoms with van der Waals surface area (Å²) >= 11 is 5.31. The number of methoxy groups -OCH3 is 1. The van der Waals surface area contributed by atoms with E-state index in [0.29, 0.717) is 17.5 Å². The molecule has 2 fully saturated rings. The van der Waals surface area contributed by atoms with E-state index in [9.17, 15) is 4.79 Å². The Hall–Kier alpha value is -0.680. The van der Waals surface area contributed by atoms with Gasteiger partial charge in [-0.3, -0.25) is 4.79 Å². The number of hydrogen-bond donors (Lipinski definition) is 1. The minimum atomic E-state index is -0.606. The van der Waals surface area contributed by atoms with Crippen molar-refractivity contribution in [2.75, 3.05) is 20.2 Å². The van der Waals surface area contributed by atoms with Gasteiger partial charge in [-0.25, -0.2) is 0 Å². The number of carbonyl (C=O) groups excluding carboxylic acids is 1. The van der Waals surface area contributed by atoms with Crippen LogP contribution in [0.25, 0.3) is 0 Å². The lowest BCUT2D eigenvalue weighted by Crippen LogP contribution is -2.55. The molecular formula is C16H28N2O2S. The lowest BCUT2D eigenvalue weighted by atomic mass is 9.78. The minimum Gasteiger partial charge on any atom is -0.392 e. The first-order valence-electron chi connectivity index (χ1n) is 8.13. The molecule has 0 aromatic carbocycles. The van der Waals surface area contributed by atoms with Gasteiger partial charge in [0.05, 0.1) is 16.5 Å². The molecular weight excluding hydrogens is 284 g/mol. The van der Waals surface area contributed by atoms with Crippen molar-refractivity contribution in [3.8, 4) is 0 Å². The van der Waals surface area contributed by atoms with Crippen LogP contribution in [0.4, 0.5) is 0 Å². The van der Waals surface area contributed by atoms with Crippen molar-refractivity contribution in [3.63, 3.8) is 0 Å². The van der Waals surface area contributed by atoms with Crippen LogP contribution in [0.3, 0.4) is 0 Å². The lowest BCUT2D eigenvalue weighted by Gasteiger charge is -2.41. The van der Waals surface area contributed by atoms with Crippen LogP contribution in [0.15, 0.2) is 0 Å². The summed E-state index contributed by atoms with van der Waals surface area (Å²) in [7, 11) is 1.73. The number of thiocarbonyl (C=S) groups is 1. The van der Waals surface area contributed by atoms with Gasteiger partial charge in [-0.1, -0.05) is 44.8 Å². The molecule has 0 aromatic heterocycles. The Bertz CT molecular complexity index is 392. The third-order valence-corrected chi connectivity index (χ3v) is 5.71. The van der Waals surface area contributed by atoms with Gasteiger partial charge in [0.1, 0.15) is 0 Å². The van der Waals surface area contributed by atoms with Gasteiger partial charge >= 0.3 is 0 Å². The van der Waals surface area contributed by atoms with E-state index in [-0.39, 0.29) is 12.0 Å². The fraction of sp³-hybridized carbons (Fsp3) is 0.875. The summed E-state index contributed by atoms with van der Waals surface area (Å²) < 4.78 is 5.53. The monoisotopic (exact) mass is 312 g/mol. The summed E-state index contributed by atoms with van der Waals surface area (Å²) in [5.41, 5.74) is 5.42. The van der Waals surface area contributed by atoms with Gasteiger partial charge < -0.3 is 15.4 Å². The Labute approximate surface area is 133 Å². The molecule has 1 amide bonds. The van der Waals surface area contributed by atoms with Crippen LogP contribution in [-0.4, -0.2) is 42.1 Å². The largest absolute Gasteiger partial charge is 0.392 e. The summed E-state index contributed by atoms with van der Waals surface area (Å²) in [5.74, 6) is 0.639. The Kier molecular flexibility index (Phi) is 5.60. The van der Waals surface area contributed by atoms with E-state index in [4.69, 9.17) is 22.7 Å². The normalized spacial score (nSPS) is 29.7. The lowest BCUT2D eigenvalue weighted by molar-refractivity contribution is -0.144. The highest BCUT2D eigenvalue weighted by atomic mass is 32.1. The molecule has 0 radical (unpaired) electrons. The summed E-state index contributed by atoms with van der Waals surface area (Å²) in [6, 6.07) is 0. The molecule has 120 valence electrons. The number of piperidine rings is 1. The topological polar surface area (TPSA) is 55.6 Å². The van der Waals surface area contributed by atoms with E-state index in [1.807, 2.05) is 4.90 Å². The molecule has 2 aliphatic rings. The highest BCUT2D eigenvalue weighted by Crippen LogP contribution is 2.38. The number of nitrogens with zero attached hydrogens (tertiary/aromatic N) is 1. The maximum Gasteiger partial charge on any atom is 0.235 e. The smallest absolute Gasteiger partial charge is 0.235 e. The maximum absolute atomic E-state index is 13.1. The summed E-state index contributed by atoms with van der Waals surface area (Å²) in [5, 5.41) is 0. The van der Waals surface area contributed by atoms with E-state index in [2.05, 4.69) is 6.92 Å². The average Bonchev–Trinajstić information content (AvgIpc) is 2.73. The van der Waals surface area contributed by atoms with Crippen LogP contribution < -0.4 is 5.73 Å². The van der Waals surface area contributed by atoms with Crippen molar-refractivity contribution >= 4 is 23.1 Å². The second-order valence-electron chi connectivity index (χ2n) is 6.65. The van der Waals surface area contributed by atoms with Crippen molar-refractivity contribution in [3.05, 3.63) is 0 Å². The van der Waals surface area contributed by atoms with Crippen LogP contribution in [0.1, 0.15) is 51.9 Å². The Morgan fingerprint density at radius 1 is 1.29 bits per heavy atom. The fourth-order valence-electron chi connectivity index (χ4n) is 3.73. The number of likely N-dealkylation sites (tertiary alicyclic amines) is 1. The molecule has 0 aromatic rings. The van der Waals surface area contributed by atoms with Crippen molar-refractivity contribution in [2.24, 2.45) is 17.1 Å². The van der Waals surface area contributed by atoms with Crippen molar-refractivity contribution < 1.29 is 9.53 Å². The van der Waals surface area contributed by atoms with Crippen molar-refractivity contribution in [1.29, 1.82) is 0 Å². The summed E-state index contributed by atoms with van der Waals surface area (Å²) in [6.45, 7) is 3.65. The van der Waals surface area contributed by atoms with E-state index < -0.39 is 5.41 Å². The van der Waals surface area contributed by atoms with Gasteiger partial charge in [-0.05, 0) is 25.2 Å². The summed E-state index contributed by atoms with van der Waals surface area (Å²) in [6.07, 6.45) is 7.16. The van der Waals surface area contributed by atoms with Crippen molar-refractivity contribution in [2.45, 2.75) is 58.0 Å². The molecule has 0 spiro atoms. The molecule has 2 rings (SSSR count). The zero-order chi connectivity index (χ0) is 15.5. The Morgan fingerprint density at radius 3 is 2.43 bits per heavy atom. The van der Waals surface area contributed by atoms with Gasteiger partial charge in [0.25, 0.3) is 0 Å². The molecule has 1 aliphatic heterocycles. The quantitative estimate of drug-likeness (QED) is 0.642. The van der Waals surface area contributed by atoms with E-state index in [1.165, 1.54) is 12.8 Å². The zero-order valence-corrected chi connectivity index (χ0v) is 14.1. The van der Waals surface area contributed by atoms with Crippen LogP contribution in [0, 0.1) is 11.3 Å². The molecule has 1 aliphatic carbocycles. The predicted molar refractivity (Wildman–Crippen MR) is 88.1 cm³/mol. The van der Waals surface area contributed by atoms with Gasteiger partial charge in [-0.15, -0.1) is 0 Å². The molecule has 2 N–H and O–H groups in total. The molecule has 2 atom stereocenters. The van der Waals surface area contributed by atoms with Crippen LogP contribution in [0.5, 0.6) is 0 Å². The standard InChI is InChI=1S/C16H28N2O2S/c1-12-7-10-18(11-13(12)20-2)15(19)16(14(17)21)8-5-3-4-6-9-16/h12-13H,3-11H2,1-2H3,(H2,17,21). The summed E-state index contributed by atoms with van der Waals surface area (Å²) in [4.78, 5) is 15.5. The predicted octanol–water partition coefficient (Wildman–Crippen LogP) is 2.50. The average molecular weight is 312 g/mol. The van der Waals surface area contributed by atoms with Gasteiger partial charge in [0, 0.05) is 20.2 Å². The molecule has 0 bridgehead atoms. The van der Waals surface area contributed by atoms with Gasteiger partial charge in [0.2, 0.25) is 5.91 Å². The zero-order valence-electron chi connectivity index (χ0n) is 13.3. The van der Waals surface area contributed by atoms with Crippen LogP contribution in [0.2, 0.25) is 0 Å². The highest BCUT2D eigenvalue weighted by molar-refractivity contribution is 7.80. The second-order valence-corrected chi connectivity index (χ2v) is 7.09. The van der Waals surface area contributed by atoms with Crippen LogP contribution >= 0.6 is 12.2 Å². The maximum atomic E-state index is 13.1.